The van der Waals surface area contributed by atoms with Gasteiger partial charge in [0.15, 0.2) is 0 Å². The standard InChI is InChI=1S/C15H13BrO2/c16-10-13-8-4-5-9-14(13)15(17)18-11-12-6-2-1-3-7-12/h1-9H,10-11H2. The number of ether oxygens (including phenoxy) is 1. The number of alkyl halides is 1. The van der Waals surface area contributed by atoms with Crippen LogP contribution in [-0.2, 0) is 16.7 Å². The van der Waals surface area contributed by atoms with Gasteiger partial charge in [0.25, 0.3) is 0 Å². The molecule has 0 unspecified atom stereocenters. The van der Waals surface area contributed by atoms with Gasteiger partial charge in [0.05, 0.1) is 5.56 Å². The van der Waals surface area contributed by atoms with Crippen LogP contribution in [0.2, 0.25) is 0 Å². The van der Waals surface area contributed by atoms with E-state index in [2.05, 4.69) is 15.9 Å². The quantitative estimate of drug-likeness (QED) is 0.632. The van der Waals surface area contributed by atoms with E-state index < -0.39 is 0 Å². The Kier molecular flexibility index (Phi) is 4.53. The lowest BCUT2D eigenvalue weighted by Gasteiger charge is -2.07. The first-order valence-corrected chi connectivity index (χ1v) is 6.78. The highest BCUT2D eigenvalue weighted by atomic mass is 79.9. The van der Waals surface area contributed by atoms with Crippen molar-refractivity contribution in [2.75, 3.05) is 0 Å². The largest absolute Gasteiger partial charge is 0.457 e. The summed E-state index contributed by atoms with van der Waals surface area (Å²) < 4.78 is 5.30. The molecule has 0 aromatic heterocycles. The van der Waals surface area contributed by atoms with E-state index in [9.17, 15) is 4.79 Å². The Morgan fingerprint density at radius 3 is 2.39 bits per heavy atom. The molecule has 0 amide bonds. The fourth-order valence-electron chi connectivity index (χ4n) is 1.64. The highest BCUT2D eigenvalue weighted by molar-refractivity contribution is 9.08. The van der Waals surface area contributed by atoms with Gasteiger partial charge in [-0.15, -0.1) is 0 Å². The van der Waals surface area contributed by atoms with Gasteiger partial charge in [-0.05, 0) is 17.2 Å². The summed E-state index contributed by atoms with van der Waals surface area (Å²) in [5.74, 6) is -0.283. The third-order valence-electron chi connectivity index (χ3n) is 2.59. The lowest BCUT2D eigenvalue weighted by Crippen LogP contribution is -2.07. The lowest BCUT2D eigenvalue weighted by molar-refractivity contribution is 0.0472. The molecule has 92 valence electrons. The zero-order valence-electron chi connectivity index (χ0n) is 9.80. The molecule has 0 atom stereocenters. The van der Waals surface area contributed by atoms with Crippen LogP contribution in [-0.4, -0.2) is 5.97 Å². The average molecular weight is 305 g/mol. The molecule has 0 aliphatic rings. The molecule has 0 saturated heterocycles. The first kappa shape index (κ1) is 12.8. The highest BCUT2D eigenvalue weighted by Gasteiger charge is 2.11. The summed E-state index contributed by atoms with van der Waals surface area (Å²) in [6.07, 6.45) is 0. The van der Waals surface area contributed by atoms with Crippen molar-refractivity contribution in [2.24, 2.45) is 0 Å². The van der Waals surface area contributed by atoms with Gasteiger partial charge in [-0.1, -0.05) is 64.5 Å². The Bertz CT molecular complexity index is 523. The van der Waals surface area contributed by atoms with Crippen molar-refractivity contribution in [3.8, 4) is 0 Å². The van der Waals surface area contributed by atoms with Crippen molar-refractivity contribution in [1.82, 2.24) is 0 Å². The predicted molar refractivity (Wildman–Crippen MR) is 74.6 cm³/mol. The number of hydrogen-bond donors (Lipinski definition) is 0. The van der Waals surface area contributed by atoms with Crippen molar-refractivity contribution in [3.05, 3.63) is 71.3 Å². The van der Waals surface area contributed by atoms with Gasteiger partial charge in [-0.2, -0.15) is 0 Å². The highest BCUT2D eigenvalue weighted by Crippen LogP contribution is 2.14. The molecule has 0 radical (unpaired) electrons. The molecular weight excluding hydrogens is 292 g/mol. The molecule has 3 heteroatoms. The van der Waals surface area contributed by atoms with E-state index in [-0.39, 0.29) is 5.97 Å². The van der Waals surface area contributed by atoms with Crippen LogP contribution in [0.15, 0.2) is 54.6 Å². The van der Waals surface area contributed by atoms with E-state index >= 15 is 0 Å². The molecule has 0 aliphatic carbocycles. The monoisotopic (exact) mass is 304 g/mol. The van der Waals surface area contributed by atoms with Gasteiger partial charge < -0.3 is 4.74 Å². The molecule has 2 nitrogen and oxygen atoms in total. The van der Waals surface area contributed by atoms with E-state index in [4.69, 9.17) is 4.74 Å². The molecule has 0 aliphatic heterocycles. The van der Waals surface area contributed by atoms with Gasteiger partial charge in [-0.25, -0.2) is 4.79 Å². The van der Waals surface area contributed by atoms with Crippen LogP contribution in [0, 0.1) is 0 Å². The molecular formula is C15H13BrO2. The zero-order chi connectivity index (χ0) is 12.8. The van der Waals surface area contributed by atoms with Crippen molar-refractivity contribution >= 4 is 21.9 Å². The third-order valence-corrected chi connectivity index (χ3v) is 3.20. The SMILES string of the molecule is O=C(OCc1ccccc1)c1ccccc1CBr. The molecule has 0 N–H and O–H groups in total. The maximum atomic E-state index is 12.0. The van der Waals surface area contributed by atoms with Crippen LogP contribution in [0.1, 0.15) is 21.5 Å². The van der Waals surface area contributed by atoms with Crippen LogP contribution in [0.5, 0.6) is 0 Å². The minimum absolute atomic E-state index is 0.283. The number of rotatable bonds is 4. The fourth-order valence-corrected chi connectivity index (χ4v) is 2.13. The van der Waals surface area contributed by atoms with E-state index in [0.29, 0.717) is 17.5 Å². The minimum Gasteiger partial charge on any atom is -0.457 e. The minimum atomic E-state index is -0.283. The molecule has 0 spiro atoms. The van der Waals surface area contributed by atoms with E-state index in [0.717, 1.165) is 11.1 Å². The third kappa shape index (κ3) is 3.20. The van der Waals surface area contributed by atoms with Crippen LogP contribution in [0.4, 0.5) is 0 Å². The summed E-state index contributed by atoms with van der Waals surface area (Å²) in [7, 11) is 0. The Balaban J connectivity index is 2.04. The van der Waals surface area contributed by atoms with Crippen LogP contribution in [0.3, 0.4) is 0 Å². The van der Waals surface area contributed by atoms with Crippen molar-refractivity contribution in [3.63, 3.8) is 0 Å². The Hall–Kier alpha value is -1.61. The number of carbonyl (C=O) groups excluding carboxylic acids is 1. The molecule has 2 aromatic carbocycles. The summed E-state index contributed by atoms with van der Waals surface area (Å²) >= 11 is 3.36. The first-order chi connectivity index (χ1) is 8.81. The Labute approximate surface area is 115 Å². The number of hydrogen-bond acceptors (Lipinski definition) is 2. The summed E-state index contributed by atoms with van der Waals surface area (Å²) in [4.78, 5) is 12.0. The van der Waals surface area contributed by atoms with Gasteiger partial charge in [0.2, 0.25) is 0 Å². The number of halogens is 1. The fraction of sp³-hybridized carbons (Fsp3) is 0.133. The zero-order valence-corrected chi connectivity index (χ0v) is 11.4. The van der Waals surface area contributed by atoms with Gasteiger partial charge >= 0.3 is 5.97 Å². The predicted octanol–water partition coefficient (Wildman–Crippen LogP) is 3.94. The topological polar surface area (TPSA) is 26.3 Å². The first-order valence-electron chi connectivity index (χ1n) is 5.66. The number of carbonyl (C=O) groups is 1. The van der Waals surface area contributed by atoms with Crippen molar-refractivity contribution < 1.29 is 9.53 Å². The summed E-state index contributed by atoms with van der Waals surface area (Å²) in [5.41, 5.74) is 2.54. The second-order valence-electron chi connectivity index (χ2n) is 3.85. The molecule has 18 heavy (non-hydrogen) atoms. The molecule has 0 fully saturated rings. The van der Waals surface area contributed by atoms with Gasteiger partial charge in [-0.3, -0.25) is 0 Å². The molecule has 2 rings (SSSR count). The normalized spacial score (nSPS) is 10.1. The maximum absolute atomic E-state index is 12.0. The molecule has 2 aromatic rings. The van der Waals surface area contributed by atoms with Crippen LogP contribution < -0.4 is 0 Å². The van der Waals surface area contributed by atoms with Crippen molar-refractivity contribution in [1.29, 1.82) is 0 Å². The van der Waals surface area contributed by atoms with Crippen molar-refractivity contribution in [2.45, 2.75) is 11.9 Å². The average Bonchev–Trinajstić information content (AvgIpc) is 2.45. The van der Waals surface area contributed by atoms with E-state index in [1.54, 1.807) is 6.07 Å². The van der Waals surface area contributed by atoms with E-state index in [1.165, 1.54) is 0 Å². The smallest absolute Gasteiger partial charge is 0.338 e. The molecule has 0 bridgehead atoms. The lowest BCUT2D eigenvalue weighted by atomic mass is 10.1. The van der Waals surface area contributed by atoms with Gasteiger partial charge in [0.1, 0.15) is 6.61 Å². The van der Waals surface area contributed by atoms with Crippen LogP contribution >= 0.6 is 15.9 Å². The Morgan fingerprint density at radius 2 is 1.67 bits per heavy atom. The second-order valence-corrected chi connectivity index (χ2v) is 4.41. The number of esters is 1. The molecule has 0 saturated carbocycles. The maximum Gasteiger partial charge on any atom is 0.338 e. The summed E-state index contributed by atoms with van der Waals surface area (Å²) in [6.45, 7) is 0.302. The second kappa shape index (κ2) is 6.36. The van der Waals surface area contributed by atoms with Gasteiger partial charge in [0, 0.05) is 5.33 Å². The number of benzene rings is 2. The Morgan fingerprint density at radius 1 is 1.00 bits per heavy atom. The van der Waals surface area contributed by atoms with E-state index in [1.807, 2.05) is 48.5 Å². The summed E-state index contributed by atoms with van der Waals surface area (Å²) in [6, 6.07) is 17.1. The summed E-state index contributed by atoms with van der Waals surface area (Å²) in [5, 5.41) is 0.642. The molecule has 0 heterocycles. The van der Waals surface area contributed by atoms with Crippen LogP contribution in [0.25, 0.3) is 0 Å².